The molecular formula is C21H21N3O3S. The van der Waals surface area contributed by atoms with Crippen molar-refractivity contribution in [2.75, 3.05) is 18.6 Å². The number of aromatic nitrogens is 1. The summed E-state index contributed by atoms with van der Waals surface area (Å²) < 4.78 is 23.0. The SMILES string of the molecule is CC1(c2ccc(-c3ccc4ccccc4c3)[nH]c2=O)CN=C(CS(C)(=O)=O)N1. The molecule has 1 aliphatic rings. The summed E-state index contributed by atoms with van der Waals surface area (Å²) >= 11 is 0. The van der Waals surface area contributed by atoms with Gasteiger partial charge in [-0.15, -0.1) is 0 Å². The zero-order valence-electron chi connectivity index (χ0n) is 15.7. The van der Waals surface area contributed by atoms with Gasteiger partial charge in [-0.2, -0.15) is 0 Å². The van der Waals surface area contributed by atoms with E-state index in [4.69, 9.17) is 0 Å². The molecule has 0 saturated carbocycles. The number of sulfone groups is 1. The summed E-state index contributed by atoms with van der Waals surface area (Å²) in [5.74, 6) is 0.235. The van der Waals surface area contributed by atoms with Crippen LogP contribution >= 0.6 is 0 Å². The molecule has 1 aromatic heterocycles. The van der Waals surface area contributed by atoms with Crippen molar-refractivity contribution in [3.8, 4) is 11.3 Å². The summed E-state index contributed by atoms with van der Waals surface area (Å²) in [7, 11) is -3.19. The fourth-order valence-electron chi connectivity index (χ4n) is 3.57. The monoisotopic (exact) mass is 395 g/mol. The Morgan fingerprint density at radius 2 is 1.82 bits per heavy atom. The second-order valence-electron chi connectivity index (χ2n) is 7.47. The van der Waals surface area contributed by atoms with Crippen LogP contribution in [0, 0.1) is 0 Å². The van der Waals surface area contributed by atoms with Crippen molar-refractivity contribution in [2.45, 2.75) is 12.5 Å². The third-order valence-electron chi connectivity index (χ3n) is 4.97. The van der Waals surface area contributed by atoms with Crippen molar-refractivity contribution in [1.82, 2.24) is 10.3 Å². The predicted molar refractivity (Wildman–Crippen MR) is 113 cm³/mol. The molecule has 0 saturated heterocycles. The van der Waals surface area contributed by atoms with Gasteiger partial charge in [-0.3, -0.25) is 9.79 Å². The molecule has 28 heavy (non-hydrogen) atoms. The number of hydrogen-bond donors (Lipinski definition) is 2. The van der Waals surface area contributed by atoms with Crippen LogP contribution in [0.15, 0.2) is 64.4 Å². The van der Waals surface area contributed by atoms with Crippen LogP contribution in [0.5, 0.6) is 0 Å². The van der Waals surface area contributed by atoms with E-state index in [0.717, 1.165) is 28.3 Å². The van der Waals surface area contributed by atoms with Crippen molar-refractivity contribution >= 4 is 26.4 Å². The van der Waals surface area contributed by atoms with Crippen LogP contribution in [0.25, 0.3) is 22.0 Å². The van der Waals surface area contributed by atoms with E-state index in [1.165, 1.54) is 0 Å². The molecule has 1 aliphatic heterocycles. The molecule has 6 nitrogen and oxygen atoms in total. The van der Waals surface area contributed by atoms with Crippen molar-refractivity contribution in [2.24, 2.45) is 4.99 Å². The Bertz CT molecular complexity index is 1260. The van der Waals surface area contributed by atoms with Gasteiger partial charge in [0, 0.05) is 17.5 Å². The van der Waals surface area contributed by atoms with E-state index in [9.17, 15) is 13.2 Å². The maximum atomic E-state index is 12.8. The zero-order valence-corrected chi connectivity index (χ0v) is 16.5. The number of pyridine rings is 1. The van der Waals surface area contributed by atoms with Gasteiger partial charge in [0.15, 0.2) is 9.84 Å². The largest absolute Gasteiger partial charge is 0.362 e. The number of hydrogen-bond acceptors (Lipinski definition) is 5. The van der Waals surface area contributed by atoms with E-state index in [0.29, 0.717) is 17.9 Å². The number of benzene rings is 2. The lowest BCUT2D eigenvalue weighted by molar-refractivity contribution is 0.474. The first-order valence-corrected chi connectivity index (χ1v) is 11.0. The maximum Gasteiger partial charge on any atom is 0.254 e. The van der Waals surface area contributed by atoms with Gasteiger partial charge in [-0.05, 0) is 41.5 Å². The summed E-state index contributed by atoms with van der Waals surface area (Å²) in [6.45, 7) is 2.17. The van der Waals surface area contributed by atoms with Gasteiger partial charge in [0.25, 0.3) is 5.56 Å². The van der Waals surface area contributed by atoms with Gasteiger partial charge in [0.05, 0.1) is 12.1 Å². The second-order valence-corrected chi connectivity index (χ2v) is 9.61. The van der Waals surface area contributed by atoms with E-state index in [2.05, 4.69) is 15.3 Å². The molecule has 2 heterocycles. The molecule has 0 radical (unpaired) electrons. The number of nitrogens with one attached hydrogen (secondary N) is 2. The Kier molecular flexibility index (Phi) is 4.34. The van der Waals surface area contributed by atoms with Gasteiger partial charge in [-0.1, -0.05) is 36.4 Å². The average Bonchev–Trinajstić information content (AvgIpc) is 3.00. The molecule has 3 aromatic rings. The predicted octanol–water partition coefficient (Wildman–Crippen LogP) is 2.46. The van der Waals surface area contributed by atoms with Crippen LogP contribution in [0.2, 0.25) is 0 Å². The lowest BCUT2D eigenvalue weighted by atomic mass is 9.93. The first-order valence-electron chi connectivity index (χ1n) is 8.96. The van der Waals surface area contributed by atoms with Crippen molar-refractivity contribution in [1.29, 1.82) is 0 Å². The van der Waals surface area contributed by atoms with Crippen LogP contribution in [-0.4, -0.2) is 37.8 Å². The fourth-order valence-corrected chi connectivity index (χ4v) is 4.23. The number of rotatable bonds is 4. The first-order chi connectivity index (χ1) is 13.2. The maximum absolute atomic E-state index is 12.8. The molecule has 0 spiro atoms. The number of H-pyrrole nitrogens is 1. The topological polar surface area (TPSA) is 91.4 Å². The highest BCUT2D eigenvalue weighted by molar-refractivity contribution is 7.91. The number of amidine groups is 1. The average molecular weight is 395 g/mol. The molecule has 4 rings (SSSR count). The summed E-state index contributed by atoms with van der Waals surface area (Å²) in [6.07, 6.45) is 1.16. The quantitative estimate of drug-likeness (QED) is 0.710. The van der Waals surface area contributed by atoms with Crippen LogP contribution < -0.4 is 10.9 Å². The Labute approximate surface area is 163 Å². The normalized spacial score (nSPS) is 19.4. The summed E-state index contributed by atoms with van der Waals surface area (Å²) in [6, 6.07) is 17.8. The second kappa shape index (κ2) is 6.60. The highest BCUT2D eigenvalue weighted by Gasteiger charge is 2.35. The van der Waals surface area contributed by atoms with Gasteiger partial charge in [0.1, 0.15) is 11.6 Å². The zero-order chi connectivity index (χ0) is 19.9. The van der Waals surface area contributed by atoms with E-state index in [1.54, 1.807) is 6.07 Å². The van der Waals surface area contributed by atoms with Crippen molar-refractivity contribution in [3.63, 3.8) is 0 Å². The molecule has 0 aliphatic carbocycles. The Morgan fingerprint density at radius 3 is 2.54 bits per heavy atom. The summed E-state index contributed by atoms with van der Waals surface area (Å²) in [4.78, 5) is 20.0. The molecule has 0 fully saturated rings. The number of fused-ring (bicyclic) bond motifs is 1. The van der Waals surface area contributed by atoms with E-state index in [-0.39, 0.29) is 11.3 Å². The highest BCUT2D eigenvalue weighted by Crippen LogP contribution is 2.26. The Hall–Kier alpha value is -2.93. The van der Waals surface area contributed by atoms with Crippen molar-refractivity contribution < 1.29 is 8.42 Å². The minimum Gasteiger partial charge on any atom is -0.362 e. The molecule has 2 N–H and O–H groups in total. The van der Waals surface area contributed by atoms with Gasteiger partial charge in [-0.25, -0.2) is 8.42 Å². The summed E-state index contributed by atoms with van der Waals surface area (Å²) in [5, 5.41) is 5.36. The van der Waals surface area contributed by atoms with Gasteiger partial charge >= 0.3 is 0 Å². The Morgan fingerprint density at radius 1 is 1.07 bits per heavy atom. The van der Waals surface area contributed by atoms with E-state index >= 15 is 0 Å². The molecule has 0 bridgehead atoms. The van der Waals surface area contributed by atoms with Gasteiger partial charge < -0.3 is 10.3 Å². The van der Waals surface area contributed by atoms with Gasteiger partial charge in [0.2, 0.25) is 0 Å². The lowest BCUT2D eigenvalue weighted by Crippen LogP contribution is -2.45. The highest BCUT2D eigenvalue weighted by atomic mass is 32.2. The van der Waals surface area contributed by atoms with Crippen LogP contribution in [0.1, 0.15) is 12.5 Å². The standard InChI is InChI=1S/C21H21N3O3S/c1-21(13-22-19(24-21)12-28(2,26)27)17-9-10-18(23-20(17)25)16-8-7-14-5-3-4-6-15(14)11-16/h3-11H,12-13H2,1-2H3,(H,22,24)(H,23,25). The van der Waals surface area contributed by atoms with Crippen LogP contribution in [0.3, 0.4) is 0 Å². The lowest BCUT2D eigenvalue weighted by Gasteiger charge is -2.24. The molecular weight excluding hydrogens is 374 g/mol. The smallest absolute Gasteiger partial charge is 0.254 e. The van der Waals surface area contributed by atoms with Crippen LogP contribution in [0.4, 0.5) is 0 Å². The molecule has 7 heteroatoms. The first kappa shape index (κ1) is 18.4. The molecule has 144 valence electrons. The molecule has 1 atom stereocenters. The number of aromatic amines is 1. The van der Waals surface area contributed by atoms with Crippen LogP contribution in [-0.2, 0) is 15.4 Å². The third-order valence-corrected chi connectivity index (χ3v) is 5.77. The number of aliphatic imine (C=N–C) groups is 1. The molecule has 0 amide bonds. The minimum absolute atomic E-state index is 0.157. The minimum atomic E-state index is -3.19. The van der Waals surface area contributed by atoms with Crippen molar-refractivity contribution in [3.05, 3.63) is 70.5 Å². The van der Waals surface area contributed by atoms with E-state index < -0.39 is 15.4 Å². The third kappa shape index (κ3) is 3.57. The fraction of sp³-hybridized carbons (Fsp3) is 0.238. The Balaban J connectivity index is 1.64. The molecule has 2 aromatic carbocycles. The summed E-state index contributed by atoms with van der Waals surface area (Å²) in [5.41, 5.74) is 1.26. The molecule has 1 unspecified atom stereocenters. The van der Waals surface area contributed by atoms with E-state index in [1.807, 2.05) is 55.5 Å². The number of nitrogens with zero attached hydrogens (tertiary/aromatic N) is 1.